The number of aliphatic hydroxyl groups is 1. The van der Waals surface area contributed by atoms with Crippen LogP contribution in [0.2, 0.25) is 0 Å². The van der Waals surface area contributed by atoms with Crippen LogP contribution in [0.25, 0.3) is 0 Å². The Balaban J connectivity index is 3.85. The fraction of sp³-hybridized carbons (Fsp3) is 0.636. The SMILES string of the molecule is C=CC(=O)OCC(CO)OC(=O)CCCC. The third kappa shape index (κ3) is 7.00. The van der Waals surface area contributed by atoms with Gasteiger partial charge in [0.25, 0.3) is 0 Å². The van der Waals surface area contributed by atoms with Gasteiger partial charge in [-0.1, -0.05) is 19.9 Å². The molecule has 5 heteroatoms. The van der Waals surface area contributed by atoms with Gasteiger partial charge in [0.15, 0.2) is 6.10 Å². The molecule has 0 fully saturated rings. The molecule has 0 aromatic heterocycles. The van der Waals surface area contributed by atoms with Crippen LogP contribution in [0.3, 0.4) is 0 Å². The molecule has 0 aliphatic rings. The number of hydrogen-bond acceptors (Lipinski definition) is 5. The maximum atomic E-state index is 11.2. The lowest BCUT2D eigenvalue weighted by Gasteiger charge is -2.14. The van der Waals surface area contributed by atoms with Crippen LogP contribution in [-0.4, -0.2) is 36.4 Å². The highest BCUT2D eigenvalue weighted by molar-refractivity contribution is 5.81. The molecule has 0 aromatic carbocycles. The van der Waals surface area contributed by atoms with Crippen molar-refractivity contribution in [1.82, 2.24) is 0 Å². The van der Waals surface area contributed by atoms with Crippen LogP contribution < -0.4 is 0 Å². The molecule has 16 heavy (non-hydrogen) atoms. The molecule has 1 N–H and O–H groups in total. The molecule has 0 aliphatic carbocycles. The van der Waals surface area contributed by atoms with Crippen molar-refractivity contribution in [3.63, 3.8) is 0 Å². The number of carbonyl (C=O) groups is 2. The highest BCUT2D eigenvalue weighted by atomic mass is 16.6. The first-order chi connectivity index (χ1) is 7.63. The zero-order valence-electron chi connectivity index (χ0n) is 9.48. The zero-order chi connectivity index (χ0) is 12.4. The minimum Gasteiger partial charge on any atom is -0.458 e. The molecule has 0 bridgehead atoms. The van der Waals surface area contributed by atoms with Crippen LogP contribution in [0.15, 0.2) is 12.7 Å². The molecule has 0 aliphatic heterocycles. The standard InChI is InChI=1S/C11H18O5/c1-3-5-6-11(14)16-9(7-12)8-15-10(13)4-2/h4,9,12H,2-3,5-8H2,1H3. The summed E-state index contributed by atoms with van der Waals surface area (Å²) < 4.78 is 9.55. The summed E-state index contributed by atoms with van der Waals surface area (Å²) in [5.41, 5.74) is 0. The van der Waals surface area contributed by atoms with E-state index in [2.05, 4.69) is 11.3 Å². The van der Waals surface area contributed by atoms with Crippen LogP contribution in [0.5, 0.6) is 0 Å². The van der Waals surface area contributed by atoms with Gasteiger partial charge in [-0.25, -0.2) is 4.79 Å². The largest absolute Gasteiger partial charge is 0.458 e. The van der Waals surface area contributed by atoms with E-state index < -0.39 is 18.0 Å². The van der Waals surface area contributed by atoms with E-state index in [0.717, 1.165) is 18.9 Å². The zero-order valence-corrected chi connectivity index (χ0v) is 9.48. The lowest BCUT2D eigenvalue weighted by Crippen LogP contribution is -2.28. The van der Waals surface area contributed by atoms with Gasteiger partial charge >= 0.3 is 11.9 Å². The molecule has 0 rings (SSSR count). The van der Waals surface area contributed by atoms with Gasteiger partial charge in [0.2, 0.25) is 0 Å². The summed E-state index contributed by atoms with van der Waals surface area (Å²) in [7, 11) is 0. The van der Waals surface area contributed by atoms with Crippen LogP contribution in [0.4, 0.5) is 0 Å². The number of ether oxygens (including phenoxy) is 2. The fourth-order valence-corrected chi connectivity index (χ4v) is 0.924. The van der Waals surface area contributed by atoms with E-state index in [1.54, 1.807) is 0 Å². The minimum absolute atomic E-state index is 0.154. The smallest absolute Gasteiger partial charge is 0.330 e. The lowest BCUT2D eigenvalue weighted by molar-refractivity contribution is -0.159. The third-order valence-electron chi connectivity index (χ3n) is 1.81. The van der Waals surface area contributed by atoms with Gasteiger partial charge in [0, 0.05) is 12.5 Å². The summed E-state index contributed by atoms with van der Waals surface area (Å²) in [6, 6.07) is 0. The molecule has 1 atom stereocenters. The maximum Gasteiger partial charge on any atom is 0.330 e. The average molecular weight is 230 g/mol. The van der Waals surface area contributed by atoms with Gasteiger partial charge in [0.05, 0.1) is 6.61 Å². The van der Waals surface area contributed by atoms with Crippen molar-refractivity contribution in [2.75, 3.05) is 13.2 Å². The Hall–Kier alpha value is -1.36. The molecule has 0 amide bonds. The van der Waals surface area contributed by atoms with Crippen molar-refractivity contribution in [2.24, 2.45) is 0 Å². The van der Waals surface area contributed by atoms with E-state index in [-0.39, 0.29) is 13.2 Å². The van der Waals surface area contributed by atoms with E-state index in [1.807, 2.05) is 6.92 Å². The fourth-order valence-electron chi connectivity index (χ4n) is 0.924. The maximum absolute atomic E-state index is 11.2. The number of esters is 2. The number of unbranched alkanes of at least 4 members (excludes halogenated alkanes) is 1. The van der Waals surface area contributed by atoms with Crippen molar-refractivity contribution in [3.05, 3.63) is 12.7 Å². The number of carbonyl (C=O) groups excluding carboxylic acids is 2. The first kappa shape index (κ1) is 14.6. The topological polar surface area (TPSA) is 72.8 Å². The number of aliphatic hydroxyl groups excluding tert-OH is 1. The molecule has 5 nitrogen and oxygen atoms in total. The second-order valence-corrected chi connectivity index (χ2v) is 3.23. The molecule has 92 valence electrons. The van der Waals surface area contributed by atoms with Crippen molar-refractivity contribution in [1.29, 1.82) is 0 Å². The molecular formula is C11H18O5. The van der Waals surface area contributed by atoms with Gasteiger partial charge in [-0.3, -0.25) is 4.79 Å². The first-order valence-electron chi connectivity index (χ1n) is 5.23. The van der Waals surface area contributed by atoms with Gasteiger partial charge in [-0.2, -0.15) is 0 Å². The summed E-state index contributed by atoms with van der Waals surface area (Å²) in [5, 5.41) is 8.89. The Morgan fingerprint density at radius 1 is 1.50 bits per heavy atom. The molecule has 0 heterocycles. The molecule has 0 spiro atoms. The number of hydrogen-bond donors (Lipinski definition) is 1. The summed E-state index contributed by atoms with van der Waals surface area (Å²) in [4.78, 5) is 21.9. The second-order valence-electron chi connectivity index (χ2n) is 3.23. The van der Waals surface area contributed by atoms with Gasteiger partial charge in [-0.05, 0) is 6.42 Å². The predicted molar refractivity (Wildman–Crippen MR) is 57.6 cm³/mol. The van der Waals surface area contributed by atoms with Crippen LogP contribution in [0, 0.1) is 0 Å². The molecular weight excluding hydrogens is 212 g/mol. The van der Waals surface area contributed by atoms with E-state index in [1.165, 1.54) is 0 Å². The Labute approximate surface area is 95.0 Å². The average Bonchev–Trinajstić information content (AvgIpc) is 2.31. The Bertz CT molecular complexity index is 237. The van der Waals surface area contributed by atoms with Crippen LogP contribution >= 0.6 is 0 Å². The Morgan fingerprint density at radius 2 is 2.19 bits per heavy atom. The monoisotopic (exact) mass is 230 g/mol. The van der Waals surface area contributed by atoms with Crippen molar-refractivity contribution in [2.45, 2.75) is 32.3 Å². The molecule has 1 unspecified atom stereocenters. The highest BCUT2D eigenvalue weighted by Gasteiger charge is 2.14. The van der Waals surface area contributed by atoms with Gasteiger partial charge in [-0.15, -0.1) is 0 Å². The van der Waals surface area contributed by atoms with E-state index >= 15 is 0 Å². The lowest BCUT2D eigenvalue weighted by atomic mass is 10.2. The second kappa shape index (κ2) is 8.91. The van der Waals surface area contributed by atoms with Gasteiger partial charge < -0.3 is 14.6 Å². The molecule has 0 saturated carbocycles. The highest BCUT2D eigenvalue weighted by Crippen LogP contribution is 2.01. The van der Waals surface area contributed by atoms with Crippen molar-refractivity contribution in [3.8, 4) is 0 Å². The molecule has 0 saturated heterocycles. The van der Waals surface area contributed by atoms with Crippen LogP contribution in [-0.2, 0) is 19.1 Å². The summed E-state index contributed by atoms with van der Waals surface area (Å²) in [5.74, 6) is -1.00. The molecule has 0 aromatic rings. The normalized spacial score (nSPS) is 11.6. The Kier molecular flexibility index (Phi) is 8.15. The van der Waals surface area contributed by atoms with E-state index in [0.29, 0.717) is 6.42 Å². The van der Waals surface area contributed by atoms with E-state index in [9.17, 15) is 9.59 Å². The van der Waals surface area contributed by atoms with Crippen molar-refractivity contribution >= 4 is 11.9 Å². The first-order valence-corrected chi connectivity index (χ1v) is 5.23. The summed E-state index contributed by atoms with van der Waals surface area (Å²) in [6.07, 6.45) is 2.15. The van der Waals surface area contributed by atoms with Gasteiger partial charge in [0.1, 0.15) is 6.61 Å². The third-order valence-corrected chi connectivity index (χ3v) is 1.81. The quantitative estimate of drug-likeness (QED) is 0.493. The van der Waals surface area contributed by atoms with Crippen LogP contribution in [0.1, 0.15) is 26.2 Å². The summed E-state index contributed by atoms with van der Waals surface area (Å²) >= 11 is 0. The Morgan fingerprint density at radius 3 is 2.69 bits per heavy atom. The summed E-state index contributed by atoms with van der Waals surface area (Å²) in [6.45, 7) is 4.66. The van der Waals surface area contributed by atoms with E-state index in [4.69, 9.17) is 9.84 Å². The molecule has 0 radical (unpaired) electrons. The van der Waals surface area contributed by atoms with Crippen molar-refractivity contribution < 1.29 is 24.2 Å². The number of rotatable bonds is 8. The predicted octanol–water partition coefficient (Wildman–Crippen LogP) is 0.810. The minimum atomic E-state index is -0.798.